The Balaban J connectivity index is 2.40. The zero-order valence-electron chi connectivity index (χ0n) is 4.77. The summed E-state index contributed by atoms with van der Waals surface area (Å²) in [5.41, 5.74) is 0. The Kier molecular flexibility index (Phi) is 1.05. The molecule has 1 saturated heterocycles. The van der Waals surface area contributed by atoms with E-state index in [4.69, 9.17) is 23.2 Å². The first-order valence-electron chi connectivity index (χ1n) is 2.71. The predicted molar refractivity (Wildman–Crippen MR) is 36.6 cm³/mol. The van der Waals surface area contributed by atoms with Crippen LogP contribution < -0.4 is 0 Å². The molecule has 0 aromatic carbocycles. The molecule has 0 saturated carbocycles. The van der Waals surface area contributed by atoms with Crippen molar-refractivity contribution in [2.45, 2.75) is 10.9 Å². The fraction of sp³-hybridized carbons (Fsp3) is 0.333. The van der Waals surface area contributed by atoms with Crippen molar-refractivity contribution in [3.8, 4) is 0 Å². The van der Waals surface area contributed by atoms with E-state index in [2.05, 4.69) is 4.74 Å². The first kappa shape index (κ1) is 6.65. The molecule has 2 atom stereocenters. The molecule has 0 aromatic heterocycles. The number of halogens is 3. The molecule has 0 N–H and O–H groups in total. The van der Waals surface area contributed by atoms with Gasteiger partial charge < -0.3 is 4.74 Å². The second-order valence-corrected chi connectivity index (χ2v) is 3.25. The van der Waals surface area contributed by atoms with Gasteiger partial charge in [0, 0.05) is 5.03 Å². The lowest BCUT2D eigenvalue weighted by atomic mass is 10.1. The summed E-state index contributed by atoms with van der Waals surface area (Å²) in [6.45, 7) is 0. The fourth-order valence-electron chi connectivity index (χ4n) is 0.878. The number of fused-ring (bicyclic) bond motifs is 1. The van der Waals surface area contributed by atoms with Crippen LogP contribution in [0.25, 0.3) is 0 Å². The third kappa shape index (κ3) is 0.669. The molecule has 0 bridgehead atoms. The molecular weight excluding hydrogens is 178 g/mol. The maximum Gasteiger partial charge on any atom is 0.278 e. The second-order valence-electron chi connectivity index (χ2n) is 2.25. The van der Waals surface area contributed by atoms with Crippen LogP contribution in [0.15, 0.2) is 23.3 Å². The van der Waals surface area contributed by atoms with Gasteiger partial charge in [-0.3, -0.25) is 0 Å². The number of hydrogen-bond donors (Lipinski definition) is 0. The first-order chi connectivity index (χ1) is 4.56. The molecule has 2 unspecified atom stereocenters. The van der Waals surface area contributed by atoms with Crippen LogP contribution in [0.3, 0.4) is 0 Å². The molecule has 1 heterocycles. The largest absolute Gasteiger partial charge is 0.306 e. The average Bonchev–Trinajstić information content (AvgIpc) is 2.33. The van der Waals surface area contributed by atoms with Gasteiger partial charge in [0.15, 0.2) is 0 Å². The topological polar surface area (TPSA) is 12.5 Å². The normalized spacial score (nSPS) is 50.1. The third-order valence-electron chi connectivity index (χ3n) is 1.50. The Morgan fingerprint density at radius 2 is 2.30 bits per heavy atom. The Morgan fingerprint density at radius 1 is 1.60 bits per heavy atom. The summed E-state index contributed by atoms with van der Waals surface area (Å²) in [6.07, 6.45) is 3.98. The number of rotatable bonds is 0. The van der Waals surface area contributed by atoms with E-state index >= 15 is 0 Å². The highest BCUT2D eigenvalue weighted by atomic mass is 35.5. The van der Waals surface area contributed by atoms with E-state index in [9.17, 15) is 4.39 Å². The number of ether oxygens (including phenoxy) is 1. The van der Waals surface area contributed by atoms with E-state index in [1.807, 2.05) is 0 Å². The molecule has 54 valence electrons. The van der Waals surface area contributed by atoms with Crippen LogP contribution in [0.1, 0.15) is 0 Å². The van der Waals surface area contributed by atoms with Gasteiger partial charge in [-0.2, -0.15) is 0 Å². The van der Waals surface area contributed by atoms with Gasteiger partial charge >= 0.3 is 0 Å². The zero-order chi connectivity index (χ0) is 7.41. The molecule has 4 heteroatoms. The molecule has 0 radical (unpaired) electrons. The smallest absolute Gasteiger partial charge is 0.278 e. The quantitative estimate of drug-likeness (QED) is 0.412. The molecule has 10 heavy (non-hydrogen) atoms. The van der Waals surface area contributed by atoms with Crippen molar-refractivity contribution in [1.29, 1.82) is 0 Å². The predicted octanol–water partition coefficient (Wildman–Crippen LogP) is 2.31. The SMILES string of the molecule is FC12C=CC(Cl)=CC1(Cl)O2. The van der Waals surface area contributed by atoms with E-state index in [-0.39, 0.29) is 0 Å². The van der Waals surface area contributed by atoms with Crippen molar-refractivity contribution in [2.75, 3.05) is 0 Å². The van der Waals surface area contributed by atoms with Crippen molar-refractivity contribution in [3.63, 3.8) is 0 Å². The zero-order valence-corrected chi connectivity index (χ0v) is 6.29. The summed E-state index contributed by atoms with van der Waals surface area (Å²) in [6, 6.07) is 0. The number of epoxide rings is 1. The second kappa shape index (κ2) is 1.58. The highest BCUT2D eigenvalue weighted by molar-refractivity contribution is 6.34. The van der Waals surface area contributed by atoms with Crippen LogP contribution in [0.2, 0.25) is 0 Å². The van der Waals surface area contributed by atoms with Crippen molar-refractivity contribution >= 4 is 23.2 Å². The lowest BCUT2D eigenvalue weighted by Crippen LogP contribution is -2.13. The van der Waals surface area contributed by atoms with Gasteiger partial charge in [-0.1, -0.05) is 23.2 Å². The summed E-state index contributed by atoms with van der Waals surface area (Å²) in [7, 11) is 0. The van der Waals surface area contributed by atoms with Crippen LogP contribution in [-0.2, 0) is 4.74 Å². The van der Waals surface area contributed by atoms with Crippen molar-refractivity contribution in [1.82, 2.24) is 0 Å². The van der Waals surface area contributed by atoms with E-state index in [1.165, 1.54) is 18.2 Å². The van der Waals surface area contributed by atoms with Crippen LogP contribution in [0.5, 0.6) is 0 Å². The lowest BCUT2D eigenvalue weighted by molar-refractivity contribution is 0.192. The summed E-state index contributed by atoms with van der Waals surface area (Å²) < 4.78 is 17.5. The minimum Gasteiger partial charge on any atom is -0.306 e. The van der Waals surface area contributed by atoms with Gasteiger partial charge in [-0.05, 0) is 18.2 Å². The van der Waals surface area contributed by atoms with E-state index in [0.717, 1.165) is 0 Å². The Bertz CT molecular complexity index is 250. The van der Waals surface area contributed by atoms with E-state index in [0.29, 0.717) is 5.03 Å². The molecule has 1 aliphatic carbocycles. The van der Waals surface area contributed by atoms with Crippen LogP contribution >= 0.6 is 23.2 Å². The Morgan fingerprint density at radius 3 is 2.80 bits per heavy atom. The molecule has 0 amide bonds. The Labute approximate surface area is 67.1 Å². The average molecular weight is 181 g/mol. The molecule has 1 fully saturated rings. The molecule has 0 aromatic rings. The van der Waals surface area contributed by atoms with Crippen LogP contribution in [-0.4, -0.2) is 10.9 Å². The van der Waals surface area contributed by atoms with Gasteiger partial charge in [0.2, 0.25) is 5.06 Å². The maximum atomic E-state index is 13.0. The van der Waals surface area contributed by atoms with Crippen LogP contribution in [0.4, 0.5) is 4.39 Å². The Hall–Kier alpha value is -0.0500. The van der Waals surface area contributed by atoms with E-state index in [1.54, 1.807) is 0 Å². The van der Waals surface area contributed by atoms with Crippen LogP contribution in [0, 0.1) is 0 Å². The molecule has 2 rings (SSSR count). The van der Waals surface area contributed by atoms with Gasteiger partial charge in [0.1, 0.15) is 0 Å². The van der Waals surface area contributed by atoms with Crippen molar-refractivity contribution in [3.05, 3.63) is 23.3 Å². The van der Waals surface area contributed by atoms with Gasteiger partial charge in [-0.25, -0.2) is 4.39 Å². The third-order valence-corrected chi connectivity index (χ3v) is 2.18. The molecule has 1 aliphatic heterocycles. The lowest BCUT2D eigenvalue weighted by Gasteiger charge is -2.02. The number of hydrogen-bond acceptors (Lipinski definition) is 1. The summed E-state index contributed by atoms with van der Waals surface area (Å²) in [5.74, 6) is -1.81. The van der Waals surface area contributed by atoms with Crippen molar-refractivity contribution in [2.24, 2.45) is 0 Å². The minimum absolute atomic E-state index is 0.403. The van der Waals surface area contributed by atoms with Crippen molar-refractivity contribution < 1.29 is 9.13 Å². The maximum absolute atomic E-state index is 13.0. The summed E-state index contributed by atoms with van der Waals surface area (Å²) in [5, 5.41) is -0.917. The number of allylic oxidation sites excluding steroid dienone is 2. The molecule has 2 aliphatic rings. The summed E-state index contributed by atoms with van der Waals surface area (Å²) in [4.78, 5) is 0. The number of alkyl halides is 2. The molecule has 1 nitrogen and oxygen atoms in total. The monoisotopic (exact) mass is 180 g/mol. The standard InChI is InChI=1S/C6H3Cl2FO/c7-4-1-2-6(9)5(8,3-4)10-6/h1-3H. The van der Waals surface area contributed by atoms with Gasteiger partial charge in [0.05, 0.1) is 0 Å². The molecule has 0 spiro atoms. The highest BCUT2D eigenvalue weighted by Crippen LogP contribution is 2.57. The first-order valence-corrected chi connectivity index (χ1v) is 3.47. The fourth-order valence-corrected chi connectivity index (χ4v) is 1.44. The van der Waals surface area contributed by atoms with Gasteiger partial charge in [0.25, 0.3) is 5.85 Å². The molecular formula is C6H3Cl2FO. The summed E-state index contributed by atoms with van der Waals surface area (Å²) >= 11 is 11.1. The van der Waals surface area contributed by atoms with E-state index < -0.39 is 10.9 Å². The van der Waals surface area contributed by atoms with Gasteiger partial charge in [-0.15, -0.1) is 0 Å². The minimum atomic E-state index is -1.81. The highest BCUT2D eigenvalue weighted by Gasteiger charge is 2.70.